The molecule has 13 heteroatoms. The Labute approximate surface area is 246 Å². The molecule has 1 aliphatic rings. The average molecular weight is 604 g/mol. The number of guanidine groups is 1. The van der Waals surface area contributed by atoms with Crippen molar-refractivity contribution < 1.29 is 32.2 Å². The molecule has 3 heterocycles. The largest absolute Gasteiger partial charge is 0.494 e. The summed E-state index contributed by atoms with van der Waals surface area (Å²) in [6.07, 6.45) is 0.0781. The zero-order valence-electron chi connectivity index (χ0n) is 23.9. The van der Waals surface area contributed by atoms with Gasteiger partial charge in [0.15, 0.2) is 0 Å². The van der Waals surface area contributed by atoms with Crippen molar-refractivity contribution in [2.45, 2.75) is 26.1 Å². The van der Waals surface area contributed by atoms with Gasteiger partial charge in [-0.1, -0.05) is 0 Å². The molecule has 1 aliphatic heterocycles. The highest BCUT2D eigenvalue weighted by molar-refractivity contribution is 7.13. The number of hydrogen-bond acceptors (Lipinski definition) is 8. The Hall–Kier alpha value is -4.26. The molecule has 1 aromatic carbocycles. The standard InChI is InChI=1S/C29H32F3N5O4S/c1-18-17-36(12-13-37(18)21-10-11-33-26(16-21)40-4)28(34-22-15-20(29(30,31)32)6-7-24(22)39-3)35-23-14-19(2)42-25(23)8-9-27(38)41-5/h6-11,14-16,18H,12-13,17H2,1-5H3,(H,34,35)/b9-8-/t18-/m1/s1. The predicted octanol–water partition coefficient (Wildman–Crippen LogP) is 5.98. The topological polar surface area (TPSA) is 88.5 Å². The Balaban J connectivity index is 1.73. The maximum Gasteiger partial charge on any atom is 0.416 e. The number of hydrogen-bond donors (Lipinski definition) is 1. The number of esters is 1. The fraction of sp³-hybridized carbons (Fsp3) is 0.345. The number of methoxy groups -OCH3 is 3. The van der Waals surface area contributed by atoms with Crippen LogP contribution >= 0.6 is 11.3 Å². The van der Waals surface area contributed by atoms with Gasteiger partial charge in [0.1, 0.15) is 11.4 Å². The first-order valence-electron chi connectivity index (χ1n) is 13.0. The Kier molecular flexibility index (Phi) is 9.61. The second-order valence-electron chi connectivity index (χ2n) is 9.48. The van der Waals surface area contributed by atoms with E-state index in [1.165, 1.54) is 37.7 Å². The molecule has 0 spiro atoms. The number of aryl methyl sites for hydroxylation is 1. The number of aliphatic imine (C=N–C) groups is 1. The summed E-state index contributed by atoms with van der Waals surface area (Å²) in [5.41, 5.74) is 0.793. The van der Waals surface area contributed by atoms with Crippen molar-refractivity contribution in [1.29, 1.82) is 0 Å². The van der Waals surface area contributed by atoms with Gasteiger partial charge in [0.05, 0.1) is 37.5 Å². The number of alkyl halides is 3. The highest BCUT2D eigenvalue weighted by Gasteiger charge is 2.32. The fourth-order valence-corrected chi connectivity index (χ4v) is 5.43. The zero-order chi connectivity index (χ0) is 30.4. The highest BCUT2D eigenvalue weighted by atomic mass is 32.1. The van der Waals surface area contributed by atoms with Crippen LogP contribution in [0.2, 0.25) is 0 Å². The van der Waals surface area contributed by atoms with Gasteiger partial charge < -0.3 is 29.3 Å². The van der Waals surface area contributed by atoms with Crippen molar-refractivity contribution in [1.82, 2.24) is 9.88 Å². The van der Waals surface area contributed by atoms with Gasteiger partial charge >= 0.3 is 12.1 Å². The summed E-state index contributed by atoms with van der Waals surface area (Å²) in [6.45, 7) is 5.60. The molecule has 9 nitrogen and oxygen atoms in total. The first-order chi connectivity index (χ1) is 20.0. The molecule has 1 fully saturated rings. The highest BCUT2D eigenvalue weighted by Crippen LogP contribution is 2.37. The number of carbonyl (C=O) groups excluding carboxylic acids is 1. The van der Waals surface area contributed by atoms with Crippen molar-refractivity contribution in [3.05, 3.63) is 64.0 Å². The van der Waals surface area contributed by atoms with Gasteiger partial charge in [-0.3, -0.25) is 0 Å². The van der Waals surface area contributed by atoms with Crippen LogP contribution in [0, 0.1) is 6.92 Å². The molecule has 0 radical (unpaired) electrons. The van der Waals surface area contributed by atoms with Crippen LogP contribution in [0.15, 0.2) is 53.7 Å². The van der Waals surface area contributed by atoms with Crippen molar-refractivity contribution >= 4 is 46.4 Å². The number of benzene rings is 1. The van der Waals surface area contributed by atoms with Crippen LogP contribution in [0.1, 0.15) is 22.2 Å². The molecule has 2 aromatic heterocycles. The lowest BCUT2D eigenvalue weighted by Gasteiger charge is -2.42. The molecule has 1 atom stereocenters. The zero-order valence-corrected chi connectivity index (χ0v) is 24.7. The van der Waals surface area contributed by atoms with E-state index < -0.39 is 17.7 Å². The summed E-state index contributed by atoms with van der Waals surface area (Å²) in [6, 6.07) is 8.86. The van der Waals surface area contributed by atoms with Gasteiger partial charge in [-0.05, 0) is 50.3 Å². The number of thiophene rings is 1. The van der Waals surface area contributed by atoms with Crippen molar-refractivity contribution in [3.63, 3.8) is 0 Å². The summed E-state index contributed by atoms with van der Waals surface area (Å²) in [5.74, 6) is 0.539. The number of pyridine rings is 1. The van der Waals surface area contributed by atoms with Crippen LogP contribution in [-0.4, -0.2) is 68.8 Å². The minimum Gasteiger partial charge on any atom is -0.494 e. The molecule has 0 bridgehead atoms. The smallest absolute Gasteiger partial charge is 0.416 e. The van der Waals surface area contributed by atoms with Crippen LogP contribution in [0.5, 0.6) is 11.6 Å². The van der Waals surface area contributed by atoms with Gasteiger partial charge in [-0.2, -0.15) is 13.2 Å². The number of ether oxygens (including phenoxy) is 3. The Morgan fingerprint density at radius 2 is 1.93 bits per heavy atom. The normalized spacial score (nSPS) is 16.1. The van der Waals surface area contributed by atoms with Crippen LogP contribution in [-0.2, 0) is 15.7 Å². The molecule has 0 saturated carbocycles. The summed E-state index contributed by atoms with van der Waals surface area (Å²) in [7, 11) is 4.24. The summed E-state index contributed by atoms with van der Waals surface area (Å²) >= 11 is 1.45. The monoisotopic (exact) mass is 603 g/mol. The Morgan fingerprint density at radius 3 is 2.60 bits per heavy atom. The number of nitrogens with one attached hydrogen (secondary N) is 1. The number of piperazine rings is 1. The third-order valence-electron chi connectivity index (χ3n) is 6.62. The number of halogens is 3. The molecule has 42 heavy (non-hydrogen) atoms. The lowest BCUT2D eigenvalue weighted by atomic mass is 10.1. The number of carbonyl (C=O) groups is 1. The summed E-state index contributed by atoms with van der Waals surface area (Å²) in [4.78, 5) is 26.5. The molecule has 0 aliphatic carbocycles. The number of anilines is 2. The SMILES string of the molecule is COC(=O)/C=C\c1sc(C)cc1NC(=Nc1cc(C(F)(F)F)ccc1OC)N1CCN(c2ccnc(OC)c2)[C@H](C)C1. The van der Waals surface area contributed by atoms with E-state index in [1.807, 2.05) is 30.0 Å². The lowest BCUT2D eigenvalue weighted by Crippen LogP contribution is -2.55. The Bertz CT molecular complexity index is 1470. The molecule has 1 saturated heterocycles. The fourth-order valence-electron chi connectivity index (χ4n) is 4.55. The number of rotatable bonds is 7. The van der Waals surface area contributed by atoms with E-state index in [9.17, 15) is 18.0 Å². The van der Waals surface area contributed by atoms with E-state index in [-0.39, 0.29) is 17.5 Å². The third-order valence-corrected chi connectivity index (χ3v) is 7.64. The summed E-state index contributed by atoms with van der Waals surface area (Å²) in [5, 5.41) is 3.33. The van der Waals surface area contributed by atoms with Crippen LogP contribution in [0.25, 0.3) is 6.08 Å². The van der Waals surface area contributed by atoms with Gasteiger partial charge in [0.25, 0.3) is 0 Å². The second-order valence-corrected chi connectivity index (χ2v) is 10.8. The van der Waals surface area contributed by atoms with Crippen LogP contribution in [0.3, 0.4) is 0 Å². The van der Waals surface area contributed by atoms with Crippen LogP contribution < -0.4 is 19.7 Å². The lowest BCUT2D eigenvalue weighted by molar-refractivity contribution is -0.137. The van der Waals surface area contributed by atoms with Crippen molar-refractivity contribution in [3.8, 4) is 11.6 Å². The molecule has 1 N–H and O–H groups in total. The summed E-state index contributed by atoms with van der Waals surface area (Å²) < 4.78 is 56.2. The molecule has 4 rings (SSSR count). The maximum atomic E-state index is 13.6. The molecular formula is C29H32F3N5O4S. The minimum absolute atomic E-state index is 0.00385. The molecule has 224 valence electrons. The first-order valence-corrected chi connectivity index (χ1v) is 13.8. The van der Waals surface area contributed by atoms with Gasteiger partial charge in [0, 0.05) is 54.6 Å². The van der Waals surface area contributed by atoms with E-state index in [1.54, 1.807) is 19.4 Å². The van der Waals surface area contributed by atoms with E-state index in [0.29, 0.717) is 37.2 Å². The van der Waals surface area contributed by atoms with Crippen molar-refractivity contribution in [2.75, 3.05) is 51.2 Å². The van der Waals surface area contributed by atoms with E-state index in [0.717, 1.165) is 27.6 Å². The molecular weight excluding hydrogens is 571 g/mol. The Morgan fingerprint density at radius 1 is 1.14 bits per heavy atom. The maximum absolute atomic E-state index is 13.6. The predicted molar refractivity (Wildman–Crippen MR) is 158 cm³/mol. The molecule has 0 amide bonds. The molecule has 0 unspecified atom stereocenters. The van der Waals surface area contributed by atoms with E-state index in [4.69, 9.17) is 19.2 Å². The number of nitrogens with zero attached hydrogens (tertiary/aromatic N) is 4. The van der Waals surface area contributed by atoms with Crippen LogP contribution in [0.4, 0.5) is 30.2 Å². The van der Waals surface area contributed by atoms with Gasteiger partial charge in [0.2, 0.25) is 11.8 Å². The number of aromatic nitrogens is 1. The van der Waals surface area contributed by atoms with Gasteiger partial charge in [-0.15, -0.1) is 11.3 Å². The van der Waals surface area contributed by atoms with E-state index >= 15 is 0 Å². The second kappa shape index (κ2) is 13.1. The first kappa shape index (κ1) is 30.7. The van der Waals surface area contributed by atoms with Crippen molar-refractivity contribution in [2.24, 2.45) is 4.99 Å². The minimum atomic E-state index is -4.55. The quantitative estimate of drug-likeness (QED) is 0.153. The average Bonchev–Trinajstić information content (AvgIpc) is 3.33. The molecule has 3 aromatic rings. The van der Waals surface area contributed by atoms with E-state index in [2.05, 4.69) is 22.1 Å². The third kappa shape index (κ3) is 7.32. The van der Waals surface area contributed by atoms with Gasteiger partial charge in [-0.25, -0.2) is 14.8 Å².